The molecule has 2 aliphatic heterocycles. The van der Waals surface area contributed by atoms with Gasteiger partial charge in [-0.2, -0.15) is 9.78 Å². The van der Waals surface area contributed by atoms with Crippen molar-refractivity contribution in [2.45, 2.75) is 13.0 Å². The molecule has 0 saturated carbocycles. The number of nitrogens with zero attached hydrogens (tertiary/aromatic N) is 7. The van der Waals surface area contributed by atoms with Crippen LogP contribution in [0.2, 0.25) is 0 Å². The van der Waals surface area contributed by atoms with Crippen LogP contribution in [-0.4, -0.2) is 85.7 Å². The molecule has 4 heterocycles. The minimum absolute atomic E-state index is 0.0507. The maximum absolute atomic E-state index is 12.6. The average molecular weight is 355 g/mol. The van der Waals surface area contributed by atoms with E-state index < -0.39 is 0 Å². The molecule has 2 amide bonds. The summed E-state index contributed by atoms with van der Waals surface area (Å²) in [6.07, 6.45) is 9.19. The van der Waals surface area contributed by atoms with Crippen LogP contribution in [0.15, 0.2) is 31.1 Å². The van der Waals surface area contributed by atoms with E-state index in [2.05, 4.69) is 20.0 Å². The summed E-state index contributed by atoms with van der Waals surface area (Å²) >= 11 is 0. The molecule has 0 unspecified atom stereocenters. The number of amides is 2. The summed E-state index contributed by atoms with van der Waals surface area (Å²) in [7, 11) is 0. The zero-order valence-corrected chi connectivity index (χ0v) is 14.5. The molecule has 4 rings (SSSR count). The van der Waals surface area contributed by atoms with Crippen molar-refractivity contribution in [2.75, 3.05) is 39.3 Å². The number of likely N-dealkylation sites (tertiary alicyclic amines) is 1. The Labute approximate surface area is 151 Å². The smallest absolute Gasteiger partial charge is 0.338 e. The molecule has 2 aromatic heterocycles. The number of aromatic nitrogens is 4. The number of hydrogen-bond donors (Lipinski definition) is 0. The van der Waals surface area contributed by atoms with Gasteiger partial charge in [0.1, 0.15) is 6.33 Å². The molecule has 9 heteroatoms. The first-order valence-electron chi connectivity index (χ1n) is 8.80. The summed E-state index contributed by atoms with van der Waals surface area (Å²) in [4.78, 5) is 38.7. The SMILES string of the molecule is O=C(c1cnn(C(=O)N2CCN(Cc3cncnc3)CC2)c1)N1CCC1. The van der Waals surface area contributed by atoms with Crippen LogP contribution in [0.5, 0.6) is 0 Å². The highest BCUT2D eigenvalue weighted by molar-refractivity contribution is 5.94. The van der Waals surface area contributed by atoms with Crippen LogP contribution in [-0.2, 0) is 6.54 Å². The van der Waals surface area contributed by atoms with E-state index in [1.54, 1.807) is 9.80 Å². The minimum atomic E-state index is -0.185. The molecule has 26 heavy (non-hydrogen) atoms. The van der Waals surface area contributed by atoms with Crippen molar-refractivity contribution in [3.05, 3.63) is 42.2 Å². The van der Waals surface area contributed by atoms with Crippen LogP contribution < -0.4 is 0 Å². The molecule has 0 N–H and O–H groups in total. The number of carbonyl (C=O) groups excluding carboxylic acids is 2. The van der Waals surface area contributed by atoms with E-state index in [1.807, 2.05) is 12.4 Å². The van der Waals surface area contributed by atoms with Gasteiger partial charge in [-0.1, -0.05) is 0 Å². The van der Waals surface area contributed by atoms with Crippen molar-refractivity contribution in [3.63, 3.8) is 0 Å². The summed E-state index contributed by atoms with van der Waals surface area (Å²) in [5.74, 6) is -0.0507. The third kappa shape index (κ3) is 3.43. The monoisotopic (exact) mass is 355 g/mol. The molecule has 2 aromatic rings. The van der Waals surface area contributed by atoms with Crippen molar-refractivity contribution < 1.29 is 9.59 Å². The molecule has 0 bridgehead atoms. The van der Waals surface area contributed by atoms with Crippen molar-refractivity contribution >= 4 is 11.9 Å². The van der Waals surface area contributed by atoms with Gasteiger partial charge in [0, 0.05) is 70.0 Å². The van der Waals surface area contributed by atoms with Gasteiger partial charge in [-0.15, -0.1) is 0 Å². The molecular weight excluding hydrogens is 334 g/mol. The molecule has 0 atom stereocenters. The van der Waals surface area contributed by atoms with E-state index in [4.69, 9.17) is 0 Å². The Morgan fingerprint density at radius 1 is 0.923 bits per heavy atom. The second-order valence-corrected chi connectivity index (χ2v) is 6.61. The highest BCUT2D eigenvalue weighted by Gasteiger charge is 2.26. The molecule has 2 saturated heterocycles. The van der Waals surface area contributed by atoms with Crippen LogP contribution in [0, 0.1) is 0 Å². The van der Waals surface area contributed by atoms with Gasteiger partial charge in [-0.3, -0.25) is 9.69 Å². The number of piperazine rings is 1. The van der Waals surface area contributed by atoms with E-state index >= 15 is 0 Å². The zero-order chi connectivity index (χ0) is 17.9. The lowest BCUT2D eigenvalue weighted by Crippen LogP contribution is -2.49. The van der Waals surface area contributed by atoms with Gasteiger partial charge in [0.25, 0.3) is 5.91 Å². The standard InChI is InChI=1S/C17H21N7O2/c25-16(22-2-1-3-22)15-10-20-24(12-15)17(26)23-6-4-21(5-7-23)11-14-8-18-13-19-9-14/h8-10,12-13H,1-7,11H2. The second-order valence-electron chi connectivity index (χ2n) is 6.61. The summed E-state index contributed by atoms with van der Waals surface area (Å²) in [5, 5.41) is 4.09. The maximum atomic E-state index is 12.6. The van der Waals surface area contributed by atoms with Gasteiger partial charge >= 0.3 is 6.03 Å². The molecule has 0 spiro atoms. The molecule has 9 nitrogen and oxygen atoms in total. The van der Waals surface area contributed by atoms with Crippen LogP contribution in [0.1, 0.15) is 22.3 Å². The Bertz CT molecular complexity index is 779. The lowest BCUT2D eigenvalue weighted by atomic mass is 10.2. The zero-order valence-electron chi connectivity index (χ0n) is 14.5. The normalized spacial score (nSPS) is 17.8. The predicted molar refractivity (Wildman–Crippen MR) is 92.4 cm³/mol. The number of carbonyl (C=O) groups is 2. The summed E-state index contributed by atoms with van der Waals surface area (Å²) < 4.78 is 1.27. The highest BCUT2D eigenvalue weighted by Crippen LogP contribution is 2.13. The fourth-order valence-corrected chi connectivity index (χ4v) is 3.15. The van der Waals surface area contributed by atoms with Crippen molar-refractivity contribution in [1.29, 1.82) is 0 Å². The Kier molecular flexibility index (Phi) is 4.61. The maximum Gasteiger partial charge on any atom is 0.344 e. The van der Waals surface area contributed by atoms with Crippen LogP contribution in [0.25, 0.3) is 0 Å². The largest absolute Gasteiger partial charge is 0.344 e. The van der Waals surface area contributed by atoms with E-state index in [9.17, 15) is 9.59 Å². The van der Waals surface area contributed by atoms with Gasteiger partial charge in [-0.25, -0.2) is 14.8 Å². The third-order valence-electron chi connectivity index (χ3n) is 4.83. The summed E-state index contributed by atoms with van der Waals surface area (Å²) in [6.45, 7) is 5.16. The number of rotatable bonds is 3. The van der Waals surface area contributed by atoms with Gasteiger partial charge in [-0.05, 0) is 6.42 Å². The van der Waals surface area contributed by atoms with Crippen molar-refractivity contribution in [3.8, 4) is 0 Å². The van der Waals surface area contributed by atoms with Crippen LogP contribution in [0.3, 0.4) is 0 Å². The molecular formula is C17H21N7O2. The first-order valence-corrected chi connectivity index (χ1v) is 8.80. The van der Waals surface area contributed by atoms with Crippen molar-refractivity contribution in [1.82, 2.24) is 34.4 Å². The fourth-order valence-electron chi connectivity index (χ4n) is 3.15. The van der Waals surface area contributed by atoms with Crippen LogP contribution in [0.4, 0.5) is 4.79 Å². The van der Waals surface area contributed by atoms with E-state index in [0.717, 1.165) is 44.7 Å². The minimum Gasteiger partial charge on any atom is -0.338 e. The quantitative estimate of drug-likeness (QED) is 0.787. The molecule has 2 aliphatic rings. The molecule has 0 radical (unpaired) electrons. The third-order valence-corrected chi connectivity index (χ3v) is 4.83. The molecule has 2 fully saturated rings. The summed E-state index contributed by atoms with van der Waals surface area (Å²) in [5.41, 5.74) is 1.54. The fraction of sp³-hybridized carbons (Fsp3) is 0.471. The van der Waals surface area contributed by atoms with Gasteiger partial charge < -0.3 is 9.80 Å². The van der Waals surface area contributed by atoms with E-state index in [0.29, 0.717) is 18.7 Å². The van der Waals surface area contributed by atoms with Crippen molar-refractivity contribution in [2.24, 2.45) is 0 Å². The number of hydrogen-bond acceptors (Lipinski definition) is 6. The Balaban J connectivity index is 1.32. The Morgan fingerprint density at radius 2 is 1.65 bits per heavy atom. The second kappa shape index (κ2) is 7.20. The van der Waals surface area contributed by atoms with Gasteiger partial charge in [0.2, 0.25) is 0 Å². The molecule has 0 aliphatic carbocycles. The topological polar surface area (TPSA) is 87.5 Å². The molecule has 136 valence electrons. The summed E-state index contributed by atoms with van der Waals surface area (Å²) in [6, 6.07) is -0.185. The predicted octanol–water partition coefficient (Wildman–Crippen LogP) is 0.305. The van der Waals surface area contributed by atoms with Gasteiger partial charge in [0.05, 0.1) is 11.8 Å². The van der Waals surface area contributed by atoms with Gasteiger partial charge in [0.15, 0.2) is 0 Å². The van der Waals surface area contributed by atoms with E-state index in [1.165, 1.54) is 23.4 Å². The first kappa shape index (κ1) is 16.6. The van der Waals surface area contributed by atoms with Crippen LogP contribution >= 0.6 is 0 Å². The van der Waals surface area contributed by atoms with E-state index in [-0.39, 0.29) is 11.9 Å². The lowest BCUT2D eigenvalue weighted by molar-refractivity contribution is 0.0652. The first-order chi connectivity index (χ1) is 12.7. The Hall–Kier alpha value is -2.81. The lowest BCUT2D eigenvalue weighted by Gasteiger charge is -2.34. The Morgan fingerprint density at radius 3 is 2.31 bits per heavy atom. The average Bonchev–Trinajstić information content (AvgIpc) is 3.11. The highest BCUT2D eigenvalue weighted by atomic mass is 16.2. The molecule has 0 aromatic carbocycles.